The topological polar surface area (TPSA) is 33.7 Å². The molecule has 0 heterocycles. The molecule has 0 amide bonds. The number of alkyl halides is 2. The molecular formula is C21H24F2N2O2S. The van der Waals surface area contributed by atoms with Crippen molar-refractivity contribution in [1.82, 2.24) is 4.90 Å². The molecule has 0 bridgehead atoms. The van der Waals surface area contributed by atoms with E-state index in [2.05, 4.69) is 34.0 Å². The van der Waals surface area contributed by atoms with Gasteiger partial charge in [0.15, 0.2) is 16.6 Å². The highest BCUT2D eigenvalue weighted by Gasteiger charge is 2.31. The van der Waals surface area contributed by atoms with Crippen LogP contribution in [0.3, 0.4) is 0 Å². The Balaban J connectivity index is 1.73. The van der Waals surface area contributed by atoms with Crippen LogP contribution in [-0.2, 0) is 13.0 Å². The van der Waals surface area contributed by atoms with Crippen molar-refractivity contribution in [2.45, 2.75) is 45.4 Å². The zero-order valence-corrected chi connectivity index (χ0v) is 16.8. The van der Waals surface area contributed by atoms with Crippen LogP contribution >= 0.6 is 12.2 Å². The average Bonchev–Trinajstić information content (AvgIpc) is 3.51. The minimum Gasteiger partial charge on any atom is -0.493 e. The van der Waals surface area contributed by atoms with Crippen molar-refractivity contribution >= 4 is 23.0 Å². The van der Waals surface area contributed by atoms with Crippen LogP contribution in [0.25, 0.3) is 0 Å². The Bertz CT molecular complexity index is 828. The van der Waals surface area contributed by atoms with E-state index >= 15 is 0 Å². The molecule has 2 aromatic rings. The highest BCUT2D eigenvalue weighted by atomic mass is 32.1. The number of thiocarbonyl (C=S) groups is 1. The second kappa shape index (κ2) is 9.19. The Morgan fingerprint density at radius 3 is 2.61 bits per heavy atom. The largest absolute Gasteiger partial charge is 0.493 e. The molecule has 1 N–H and O–H groups in total. The van der Waals surface area contributed by atoms with E-state index in [0.29, 0.717) is 17.7 Å². The van der Waals surface area contributed by atoms with Crippen molar-refractivity contribution in [1.29, 1.82) is 0 Å². The molecule has 4 nitrogen and oxygen atoms in total. The van der Waals surface area contributed by atoms with Crippen LogP contribution in [0.15, 0.2) is 42.5 Å². The second-order valence-corrected chi connectivity index (χ2v) is 7.09. The molecule has 1 aliphatic rings. The fourth-order valence-electron chi connectivity index (χ4n) is 3.02. The number of aryl methyl sites for hydroxylation is 1. The van der Waals surface area contributed by atoms with Crippen LogP contribution in [-0.4, -0.2) is 29.8 Å². The molecule has 3 rings (SSSR count). The van der Waals surface area contributed by atoms with E-state index < -0.39 is 6.61 Å². The smallest absolute Gasteiger partial charge is 0.387 e. The molecular weight excluding hydrogens is 382 g/mol. The van der Waals surface area contributed by atoms with Gasteiger partial charge < -0.3 is 19.7 Å². The third-order valence-corrected chi connectivity index (χ3v) is 4.97. The van der Waals surface area contributed by atoms with Gasteiger partial charge >= 0.3 is 6.61 Å². The van der Waals surface area contributed by atoms with E-state index in [4.69, 9.17) is 17.0 Å². The summed E-state index contributed by atoms with van der Waals surface area (Å²) in [6.45, 7) is -0.212. The summed E-state index contributed by atoms with van der Waals surface area (Å²) in [5.41, 5.74) is 3.12. The van der Waals surface area contributed by atoms with E-state index in [1.807, 2.05) is 12.1 Å². The van der Waals surface area contributed by atoms with Crippen molar-refractivity contribution in [2.75, 3.05) is 12.4 Å². The molecule has 0 aliphatic heterocycles. The van der Waals surface area contributed by atoms with Gasteiger partial charge in [-0.2, -0.15) is 8.78 Å². The number of anilines is 1. The summed E-state index contributed by atoms with van der Waals surface area (Å²) in [6.07, 6.45) is 3.13. The number of methoxy groups -OCH3 is 1. The standard InChI is InChI=1S/C21H24F2N2O2S/c1-3-14-5-4-6-16(11-14)24-21(28)25(17-8-9-17)13-15-7-10-18(27-20(22)23)19(12-15)26-2/h4-7,10-12,17,20H,3,8-9,13H2,1-2H3,(H,24,28). The predicted octanol–water partition coefficient (Wildman–Crippen LogP) is 5.22. The number of rotatable bonds is 8. The molecule has 1 aliphatic carbocycles. The van der Waals surface area contributed by atoms with Gasteiger partial charge in [-0.3, -0.25) is 0 Å². The molecule has 1 saturated carbocycles. The molecule has 0 saturated heterocycles. The summed E-state index contributed by atoms with van der Waals surface area (Å²) in [5, 5.41) is 3.98. The van der Waals surface area contributed by atoms with Gasteiger partial charge in [0.25, 0.3) is 0 Å². The minimum atomic E-state index is -2.89. The van der Waals surface area contributed by atoms with Crippen molar-refractivity contribution in [2.24, 2.45) is 0 Å². The molecule has 2 aromatic carbocycles. The van der Waals surface area contributed by atoms with Crippen molar-refractivity contribution in [3.63, 3.8) is 0 Å². The molecule has 0 aromatic heterocycles. The number of nitrogens with one attached hydrogen (secondary N) is 1. The number of hydrogen-bond acceptors (Lipinski definition) is 3. The third-order valence-electron chi connectivity index (χ3n) is 4.63. The fraction of sp³-hybridized carbons (Fsp3) is 0.381. The lowest BCUT2D eigenvalue weighted by atomic mass is 10.1. The van der Waals surface area contributed by atoms with E-state index in [0.717, 1.165) is 30.5 Å². The highest BCUT2D eigenvalue weighted by molar-refractivity contribution is 7.80. The highest BCUT2D eigenvalue weighted by Crippen LogP contribution is 2.33. The van der Waals surface area contributed by atoms with Gasteiger partial charge in [0, 0.05) is 18.3 Å². The summed E-state index contributed by atoms with van der Waals surface area (Å²) in [7, 11) is 1.43. The van der Waals surface area contributed by atoms with Crippen LogP contribution in [0.4, 0.5) is 14.5 Å². The lowest BCUT2D eigenvalue weighted by Crippen LogP contribution is -2.36. The third kappa shape index (κ3) is 5.32. The lowest BCUT2D eigenvalue weighted by Gasteiger charge is -2.26. The zero-order valence-electron chi connectivity index (χ0n) is 16.0. The van der Waals surface area contributed by atoms with Gasteiger partial charge in [-0.1, -0.05) is 25.1 Å². The van der Waals surface area contributed by atoms with Gasteiger partial charge in [-0.05, 0) is 66.9 Å². The van der Waals surface area contributed by atoms with Crippen LogP contribution in [0.5, 0.6) is 11.5 Å². The number of halogens is 2. The maximum Gasteiger partial charge on any atom is 0.387 e. The lowest BCUT2D eigenvalue weighted by molar-refractivity contribution is -0.0512. The molecule has 0 radical (unpaired) electrons. The van der Waals surface area contributed by atoms with Gasteiger partial charge in [0.2, 0.25) is 0 Å². The zero-order chi connectivity index (χ0) is 20.1. The SMILES string of the molecule is CCc1cccc(NC(=S)N(Cc2ccc(OC(F)F)c(OC)c2)C2CC2)c1. The van der Waals surface area contributed by atoms with E-state index in [-0.39, 0.29) is 11.5 Å². The maximum absolute atomic E-state index is 12.5. The van der Waals surface area contributed by atoms with Gasteiger partial charge in [-0.15, -0.1) is 0 Å². The maximum atomic E-state index is 12.5. The number of ether oxygens (including phenoxy) is 2. The molecule has 0 atom stereocenters. The average molecular weight is 406 g/mol. The van der Waals surface area contributed by atoms with Crippen LogP contribution < -0.4 is 14.8 Å². The Kier molecular flexibility index (Phi) is 6.67. The first-order chi connectivity index (χ1) is 13.5. The molecule has 7 heteroatoms. The molecule has 28 heavy (non-hydrogen) atoms. The van der Waals surface area contributed by atoms with E-state index in [1.165, 1.54) is 18.7 Å². The minimum absolute atomic E-state index is 0.0244. The van der Waals surface area contributed by atoms with E-state index in [9.17, 15) is 8.78 Å². The predicted molar refractivity (Wildman–Crippen MR) is 110 cm³/mol. The Labute approximate surface area is 169 Å². The summed E-state index contributed by atoms with van der Waals surface area (Å²) in [6, 6.07) is 13.6. The normalized spacial score (nSPS) is 13.3. The summed E-state index contributed by atoms with van der Waals surface area (Å²) < 4.78 is 34.7. The number of nitrogens with zero attached hydrogens (tertiary/aromatic N) is 1. The molecule has 150 valence electrons. The van der Waals surface area contributed by atoms with Gasteiger partial charge in [-0.25, -0.2) is 0 Å². The summed E-state index contributed by atoms with van der Waals surface area (Å²) in [5.74, 6) is 0.305. The quantitative estimate of drug-likeness (QED) is 0.608. The summed E-state index contributed by atoms with van der Waals surface area (Å²) >= 11 is 5.66. The second-order valence-electron chi connectivity index (χ2n) is 6.71. The van der Waals surface area contributed by atoms with Gasteiger partial charge in [0.1, 0.15) is 0 Å². The fourth-order valence-corrected chi connectivity index (χ4v) is 3.35. The first-order valence-electron chi connectivity index (χ1n) is 9.28. The van der Waals surface area contributed by atoms with Crippen LogP contribution in [0, 0.1) is 0 Å². The van der Waals surface area contributed by atoms with Crippen molar-refractivity contribution < 1.29 is 18.3 Å². The number of hydrogen-bond donors (Lipinski definition) is 1. The van der Waals surface area contributed by atoms with Crippen molar-refractivity contribution in [3.8, 4) is 11.5 Å². The van der Waals surface area contributed by atoms with Crippen LogP contribution in [0.1, 0.15) is 30.9 Å². The number of benzene rings is 2. The van der Waals surface area contributed by atoms with Gasteiger partial charge in [0.05, 0.1) is 7.11 Å². The van der Waals surface area contributed by atoms with Crippen molar-refractivity contribution in [3.05, 3.63) is 53.6 Å². The molecule has 1 fully saturated rings. The monoisotopic (exact) mass is 406 g/mol. The van der Waals surface area contributed by atoms with Crippen LogP contribution in [0.2, 0.25) is 0 Å². The van der Waals surface area contributed by atoms with E-state index in [1.54, 1.807) is 12.1 Å². The first kappa shape index (κ1) is 20.3. The Morgan fingerprint density at radius 2 is 1.96 bits per heavy atom. The summed E-state index contributed by atoms with van der Waals surface area (Å²) in [4.78, 5) is 2.14. The Hall–Kier alpha value is -2.41. The molecule has 0 spiro atoms. The first-order valence-corrected chi connectivity index (χ1v) is 9.69. The Morgan fingerprint density at radius 1 is 1.18 bits per heavy atom. The molecule has 0 unspecified atom stereocenters.